The van der Waals surface area contributed by atoms with E-state index in [1.54, 1.807) is 15.2 Å². The van der Waals surface area contributed by atoms with Crippen LogP contribution in [0.2, 0.25) is 5.02 Å². The van der Waals surface area contributed by atoms with Crippen LogP contribution in [0.25, 0.3) is 11.2 Å². The minimum Gasteiger partial charge on any atom is -0.379 e. The van der Waals surface area contributed by atoms with Crippen LogP contribution in [0.4, 0.5) is 4.39 Å². The second-order valence-electron chi connectivity index (χ2n) is 10.0. The Morgan fingerprint density at radius 1 is 1.26 bits per heavy atom. The summed E-state index contributed by atoms with van der Waals surface area (Å²) in [7, 11) is 2.03. The molecule has 0 aliphatic carbocycles. The van der Waals surface area contributed by atoms with E-state index >= 15 is 0 Å². The molecule has 2 aromatic heterocycles. The van der Waals surface area contributed by atoms with Gasteiger partial charge in [0.05, 0.1) is 29.4 Å². The van der Waals surface area contributed by atoms with Gasteiger partial charge >= 0.3 is 5.69 Å². The van der Waals surface area contributed by atoms with Crippen LogP contribution in [-0.4, -0.2) is 71.1 Å². The van der Waals surface area contributed by atoms with Gasteiger partial charge in [-0.1, -0.05) is 23.7 Å². The van der Waals surface area contributed by atoms with Crippen molar-refractivity contribution in [1.82, 2.24) is 18.8 Å². The highest BCUT2D eigenvalue weighted by molar-refractivity contribution is 6.33. The number of nitrogens with zero attached hydrogens (tertiary/aromatic N) is 6. The van der Waals surface area contributed by atoms with Crippen molar-refractivity contribution in [2.24, 2.45) is 10.2 Å². The summed E-state index contributed by atoms with van der Waals surface area (Å²) in [6.07, 6.45) is 4.21. The molecule has 184 valence electrons. The van der Waals surface area contributed by atoms with Crippen LogP contribution in [0.1, 0.15) is 24.0 Å². The summed E-state index contributed by atoms with van der Waals surface area (Å²) in [4.78, 5) is 17.6. The molecule has 0 amide bonds. The molecule has 2 saturated heterocycles. The molecule has 0 saturated carbocycles. The molecule has 3 aromatic rings. The highest BCUT2D eigenvalue weighted by Crippen LogP contribution is 2.39. The number of aromatic nitrogens is 2. The predicted molar refractivity (Wildman–Crippen MR) is 131 cm³/mol. The number of likely N-dealkylation sites (tertiary alicyclic amines) is 1. The first-order valence-electron chi connectivity index (χ1n) is 12.0. The van der Waals surface area contributed by atoms with Crippen LogP contribution < -0.4 is 5.69 Å². The largest absolute Gasteiger partial charge is 0.379 e. The molecule has 2 fully saturated rings. The smallest absolute Gasteiger partial charge is 0.337 e. The monoisotopic (exact) mass is 498 g/mol. The number of fused-ring (bicyclic) bond motifs is 1. The Morgan fingerprint density at radius 3 is 2.80 bits per heavy atom. The lowest BCUT2D eigenvalue weighted by atomic mass is 9.74. The molecular formula is C25H28ClFN6O2. The summed E-state index contributed by atoms with van der Waals surface area (Å²) in [5, 5.41) is 9.05. The van der Waals surface area contributed by atoms with Gasteiger partial charge in [0.15, 0.2) is 0 Å². The van der Waals surface area contributed by atoms with Gasteiger partial charge in [0, 0.05) is 37.4 Å². The van der Waals surface area contributed by atoms with Crippen molar-refractivity contribution >= 4 is 17.1 Å². The Morgan fingerprint density at radius 2 is 2.11 bits per heavy atom. The molecule has 0 spiro atoms. The zero-order valence-corrected chi connectivity index (χ0v) is 20.4. The number of halogens is 2. The lowest BCUT2D eigenvalue weighted by molar-refractivity contribution is -0.0723. The van der Waals surface area contributed by atoms with Crippen LogP contribution in [0.3, 0.4) is 0 Å². The lowest BCUT2D eigenvalue weighted by Gasteiger charge is -2.43. The van der Waals surface area contributed by atoms with Gasteiger partial charge in [0.2, 0.25) is 0 Å². The quantitative estimate of drug-likeness (QED) is 0.520. The van der Waals surface area contributed by atoms with Crippen molar-refractivity contribution in [3.05, 3.63) is 69.4 Å². The van der Waals surface area contributed by atoms with E-state index in [-0.39, 0.29) is 17.3 Å². The number of hydrogen-bond acceptors (Lipinski definition) is 6. The summed E-state index contributed by atoms with van der Waals surface area (Å²) in [6.45, 7) is 3.55. The molecular weight excluding hydrogens is 471 g/mol. The fourth-order valence-electron chi connectivity index (χ4n) is 5.35. The molecule has 0 bridgehead atoms. The molecule has 1 aromatic carbocycles. The van der Waals surface area contributed by atoms with Crippen molar-refractivity contribution in [2.75, 3.05) is 40.0 Å². The van der Waals surface area contributed by atoms with Crippen molar-refractivity contribution < 1.29 is 9.13 Å². The number of imidazole rings is 1. The summed E-state index contributed by atoms with van der Waals surface area (Å²) < 4.78 is 22.5. The van der Waals surface area contributed by atoms with Gasteiger partial charge < -0.3 is 4.74 Å². The first-order chi connectivity index (χ1) is 16.9. The minimum atomic E-state index is -0.785. The van der Waals surface area contributed by atoms with Crippen molar-refractivity contribution in [1.29, 1.82) is 0 Å². The molecule has 5 heterocycles. The van der Waals surface area contributed by atoms with E-state index in [9.17, 15) is 9.18 Å². The average Bonchev–Trinajstić information content (AvgIpc) is 3.50. The van der Waals surface area contributed by atoms with Crippen LogP contribution in [0.15, 0.2) is 57.7 Å². The maximum atomic E-state index is 13.6. The standard InChI is InChI=1S/C25H28ClFN6O2/c1-30-16-28-29-23(30)9-25(14-35-15-25)18-3-2-4-20(8-18)32-13-22-21(26)7-17(11-33(22)24(32)34)10-31-6-5-19(27)12-31/h2-4,7-8,11,13,19,23H,5-6,9-10,12,14-16H2,1H3/t19-,23?/m0/s1. The minimum absolute atomic E-state index is 0.0304. The Balaban J connectivity index is 1.33. The first kappa shape index (κ1) is 22.8. The molecule has 35 heavy (non-hydrogen) atoms. The second kappa shape index (κ2) is 8.81. The maximum absolute atomic E-state index is 13.6. The maximum Gasteiger partial charge on any atom is 0.337 e. The predicted octanol–water partition coefficient (Wildman–Crippen LogP) is 3.63. The van der Waals surface area contributed by atoms with Crippen LogP contribution in [0.5, 0.6) is 0 Å². The topological polar surface area (TPSA) is 66.8 Å². The summed E-state index contributed by atoms with van der Waals surface area (Å²) in [5.74, 6) is 0. The van der Waals surface area contributed by atoms with Gasteiger partial charge in [-0.25, -0.2) is 9.18 Å². The second-order valence-corrected chi connectivity index (χ2v) is 10.4. The number of hydrogen-bond donors (Lipinski definition) is 0. The van der Waals surface area contributed by atoms with Gasteiger partial charge in [-0.05, 0) is 49.2 Å². The Hall–Kier alpha value is -2.59. The molecule has 3 aliphatic rings. The summed E-state index contributed by atoms with van der Waals surface area (Å²) in [6, 6.07) is 9.94. The van der Waals surface area contributed by atoms with E-state index in [1.807, 2.05) is 31.4 Å². The van der Waals surface area contributed by atoms with Crippen LogP contribution >= 0.6 is 11.6 Å². The summed E-state index contributed by atoms with van der Waals surface area (Å²) >= 11 is 6.59. The third-order valence-electron chi connectivity index (χ3n) is 7.47. The SMILES string of the molecule is CN1CN=NC1CC1(c2cccc(-n3cc4c(Cl)cc(CN5CC[C@H](F)C5)cn4c3=O)c2)COC1. The van der Waals surface area contributed by atoms with Gasteiger partial charge in [-0.15, -0.1) is 0 Å². The Bertz CT molecular complexity index is 1350. The third-order valence-corrected chi connectivity index (χ3v) is 7.78. The number of benzene rings is 1. The number of azo groups is 1. The molecule has 6 rings (SSSR count). The number of ether oxygens (including phenoxy) is 1. The van der Waals surface area contributed by atoms with Gasteiger partial charge in [0.1, 0.15) is 19.0 Å². The number of pyridine rings is 1. The average molecular weight is 499 g/mol. The van der Waals surface area contributed by atoms with Crippen molar-refractivity contribution in [2.45, 2.75) is 37.1 Å². The highest BCUT2D eigenvalue weighted by Gasteiger charge is 2.44. The first-order valence-corrected chi connectivity index (χ1v) is 12.3. The highest BCUT2D eigenvalue weighted by atomic mass is 35.5. The van der Waals surface area contributed by atoms with E-state index in [0.29, 0.717) is 56.5 Å². The van der Waals surface area contributed by atoms with Gasteiger partial charge in [-0.2, -0.15) is 10.2 Å². The molecule has 2 atom stereocenters. The fraction of sp³-hybridized carbons (Fsp3) is 0.480. The lowest BCUT2D eigenvalue weighted by Crippen LogP contribution is -2.50. The summed E-state index contributed by atoms with van der Waals surface area (Å²) in [5.41, 5.74) is 3.10. The third kappa shape index (κ3) is 4.10. The van der Waals surface area contributed by atoms with Gasteiger partial charge in [0.25, 0.3) is 0 Å². The van der Waals surface area contributed by atoms with E-state index in [4.69, 9.17) is 16.3 Å². The number of rotatable bonds is 6. The van der Waals surface area contributed by atoms with E-state index in [2.05, 4.69) is 32.2 Å². The molecule has 0 N–H and O–H groups in total. The molecule has 10 heteroatoms. The van der Waals surface area contributed by atoms with E-state index < -0.39 is 6.17 Å². The Kier molecular flexibility index (Phi) is 5.75. The fourth-order valence-corrected chi connectivity index (χ4v) is 5.63. The molecule has 8 nitrogen and oxygen atoms in total. The normalized spacial score (nSPS) is 24.4. The zero-order valence-electron chi connectivity index (χ0n) is 19.6. The van der Waals surface area contributed by atoms with Crippen LogP contribution in [-0.2, 0) is 16.7 Å². The molecule has 1 unspecified atom stereocenters. The van der Waals surface area contributed by atoms with E-state index in [1.165, 1.54) is 0 Å². The van der Waals surface area contributed by atoms with Crippen molar-refractivity contribution in [3.8, 4) is 5.69 Å². The molecule has 0 radical (unpaired) electrons. The van der Waals surface area contributed by atoms with Gasteiger partial charge in [-0.3, -0.25) is 18.8 Å². The zero-order chi connectivity index (χ0) is 24.2. The Labute approximate surface area is 207 Å². The van der Waals surface area contributed by atoms with E-state index in [0.717, 1.165) is 23.2 Å². The van der Waals surface area contributed by atoms with Crippen LogP contribution in [0, 0.1) is 0 Å². The number of alkyl halides is 1. The van der Waals surface area contributed by atoms with Crippen molar-refractivity contribution in [3.63, 3.8) is 0 Å². The molecule has 3 aliphatic heterocycles.